The molecule has 11 unspecified atom stereocenters. The average molecular weight is 780 g/mol. The number of fused-ring (bicyclic) bond motifs is 5. The first-order valence-corrected chi connectivity index (χ1v) is 28.1. The minimum Gasteiger partial charge on any atom is -0.294 e. The van der Waals surface area contributed by atoms with Crippen LogP contribution in [-0.2, 0) is 0 Å². The van der Waals surface area contributed by atoms with E-state index in [0.29, 0.717) is 0 Å². The van der Waals surface area contributed by atoms with E-state index in [1.54, 1.807) is 173 Å². The highest BCUT2D eigenvalue weighted by atomic mass is 15.2. The van der Waals surface area contributed by atoms with E-state index in [0.717, 1.165) is 113 Å². The summed E-state index contributed by atoms with van der Waals surface area (Å²) in [6.07, 6.45) is 58.8. The van der Waals surface area contributed by atoms with E-state index in [1.165, 1.54) is 64.2 Å². The van der Waals surface area contributed by atoms with Gasteiger partial charge in [-0.3, -0.25) is 4.90 Å². The molecule has 0 radical (unpaired) electrons. The van der Waals surface area contributed by atoms with Crippen LogP contribution < -0.4 is 0 Å². The van der Waals surface area contributed by atoms with Gasteiger partial charge in [0.1, 0.15) is 0 Å². The number of rotatable bonds is 6. The van der Waals surface area contributed by atoms with Crippen LogP contribution in [-0.4, -0.2) is 23.0 Å². The van der Waals surface area contributed by atoms with Gasteiger partial charge < -0.3 is 0 Å². The van der Waals surface area contributed by atoms with Gasteiger partial charge >= 0.3 is 0 Å². The van der Waals surface area contributed by atoms with E-state index >= 15 is 0 Å². The van der Waals surface area contributed by atoms with Crippen molar-refractivity contribution in [3.8, 4) is 0 Å². The molecule has 0 spiro atoms. The zero-order valence-corrected chi connectivity index (χ0v) is 37.6. The minimum absolute atomic E-state index is 0.933. The monoisotopic (exact) mass is 780 g/mol. The average Bonchev–Trinajstić information content (AvgIpc) is 3.29. The van der Waals surface area contributed by atoms with E-state index in [9.17, 15) is 0 Å². The van der Waals surface area contributed by atoms with Gasteiger partial charge in [-0.1, -0.05) is 122 Å². The van der Waals surface area contributed by atoms with Gasteiger partial charge in [0, 0.05) is 18.1 Å². The van der Waals surface area contributed by atoms with Crippen LogP contribution in [0.25, 0.3) is 0 Å². The summed E-state index contributed by atoms with van der Waals surface area (Å²) in [5.41, 5.74) is 0. The van der Waals surface area contributed by atoms with Crippen molar-refractivity contribution in [3.05, 3.63) is 0 Å². The van der Waals surface area contributed by atoms with Gasteiger partial charge in [0.05, 0.1) is 0 Å². The molecule has 1 heteroatoms. The predicted molar refractivity (Wildman–Crippen MR) is 240 cm³/mol. The topological polar surface area (TPSA) is 3.24 Å². The maximum Gasteiger partial charge on any atom is 0.0101 e. The third-order valence-corrected chi connectivity index (χ3v) is 22.7. The van der Waals surface area contributed by atoms with Crippen molar-refractivity contribution < 1.29 is 0 Å². The maximum atomic E-state index is 3.29. The molecule has 11 aliphatic rings. The fourth-order valence-electron chi connectivity index (χ4n) is 21.2. The van der Waals surface area contributed by atoms with E-state index in [4.69, 9.17) is 0 Å². The predicted octanol–water partition coefficient (Wildman–Crippen LogP) is 15.8. The summed E-state index contributed by atoms with van der Waals surface area (Å²) in [6, 6.07) is 2.81. The highest BCUT2D eigenvalue weighted by Crippen LogP contribution is 2.69. The van der Waals surface area contributed by atoms with Crippen molar-refractivity contribution in [2.45, 2.75) is 256 Å². The molecule has 0 aromatic rings. The Balaban J connectivity index is 0.877. The molecule has 0 saturated heterocycles. The quantitative estimate of drug-likeness (QED) is 0.260. The summed E-state index contributed by atoms with van der Waals surface area (Å²) in [7, 11) is 0. The molecule has 11 fully saturated rings. The second-order valence-corrected chi connectivity index (χ2v) is 24.7. The summed E-state index contributed by atoms with van der Waals surface area (Å²) < 4.78 is 0. The normalized spacial score (nSPS) is 50.2. The molecule has 11 atom stereocenters. The van der Waals surface area contributed by atoms with Crippen LogP contribution in [0.4, 0.5) is 0 Å². The van der Waals surface area contributed by atoms with Gasteiger partial charge in [0.25, 0.3) is 0 Å². The van der Waals surface area contributed by atoms with E-state index in [2.05, 4.69) is 4.90 Å². The van der Waals surface area contributed by atoms with Gasteiger partial charge in [-0.15, -0.1) is 0 Å². The lowest BCUT2D eigenvalue weighted by atomic mass is 9.39. The molecule has 0 bridgehead atoms. The van der Waals surface area contributed by atoms with Crippen molar-refractivity contribution in [3.63, 3.8) is 0 Å². The summed E-state index contributed by atoms with van der Waals surface area (Å²) in [6.45, 7) is 0. The molecule has 0 N–H and O–H groups in total. The lowest BCUT2D eigenvalue weighted by Gasteiger charge is -2.66. The molecule has 11 rings (SSSR count). The highest BCUT2D eigenvalue weighted by Gasteiger charge is 2.62. The summed E-state index contributed by atoms with van der Waals surface area (Å²) in [4.78, 5) is 3.29. The van der Waals surface area contributed by atoms with Crippen LogP contribution in [0.15, 0.2) is 0 Å². The Bertz CT molecular complexity index is 1200. The molecule has 57 heavy (non-hydrogen) atoms. The number of nitrogens with zero attached hydrogens (tertiary/aromatic N) is 1. The fraction of sp³-hybridized carbons (Fsp3) is 1.00. The Morgan fingerprint density at radius 2 is 0.474 bits per heavy atom. The number of hydrogen-bond donors (Lipinski definition) is 0. The molecule has 11 aliphatic carbocycles. The van der Waals surface area contributed by atoms with Gasteiger partial charge in [0.2, 0.25) is 0 Å². The van der Waals surface area contributed by atoms with Crippen molar-refractivity contribution in [1.82, 2.24) is 4.90 Å². The van der Waals surface area contributed by atoms with Gasteiger partial charge in [0.15, 0.2) is 0 Å². The van der Waals surface area contributed by atoms with Crippen LogP contribution in [0.1, 0.15) is 238 Å². The molecule has 0 amide bonds. The lowest BCUT2D eigenvalue weighted by Crippen LogP contribution is -2.60. The van der Waals surface area contributed by atoms with Crippen molar-refractivity contribution in [2.75, 3.05) is 0 Å². The zero-order valence-electron chi connectivity index (χ0n) is 37.6. The third kappa shape index (κ3) is 7.54. The van der Waals surface area contributed by atoms with Crippen LogP contribution in [0, 0.1) is 94.7 Å². The van der Waals surface area contributed by atoms with Crippen LogP contribution in [0.3, 0.4) is 0 Å². The molecule has 1 nitrogen and oxygen atoms in total. The Morgan fingerprint density at radius 3 is 0.930 bits per heavy atom. The Labute approximate surface area is 354 Å². The molecule has 0 aliphatic heterocycles. The first kappa shape index (κ1) is 39.8. The van der Waals surface area contributed by atoms with Gasteiger partial charge in [-0.25, -0.2) is 0 Å². The van der Waals surface area contributed by atoms with Crippen LogP contribution in [0.2, 0.25) is 0 Å². The second-order valence-electron chi connectivity index (χ2n) is 24.7. The molecular formula is C56H93N. The molecule has 0 aromatic heterocycles. The zero-order chi connectivity index (χ0) is 37.7. The van der Waals surface area contributed by atoms with Crippen molar-refractivity contribution in [2.24, 2.45) is 94.7 Å². The fourth-order valence-corrected chi connectivity index (χ4v) is 21.2. The molecule has 0 aromatic carbocycles. The third-order valence-electron chi connectivity index (χ3n) is 22.7. The smallest absolute Gasteiger partial charge is 0.0101 e. The Hall–Kier alpha value is -0.0400. The molecule has 0 heterocycles. The van der Waals surface area contributed by atoms with E-state index < -0.39 is 0 Å². The first-order valence-electron chi connectivity index (χ1n) is 28.1. The standard InChI is InChI=1S/C56H93N/c1-3-20-40(21-4-1)57(41-22-5-2-6-23-41)42-36-34-39(35-37-42)53-45-25-9-13-29-49(45)55(50-30-14-10-26-46(50)53)56-51-31-15-11-27-47(51)54(48-28-12-16-32-52(48)56)44-33-17-19-38-18-7-8-24-43(38)44/h38-56H,1-37H2. The highest BCUT2D eigenvalue weighted by molar-refractivity contribution is 5.11. The summed E-state index contributed by atoms with van der Waals surface area (Å²) in [5.74, 6) is 17.9. The molecular weight excluding hydrogens is 687 g/mol. The van der Waals surface area contributed by atoms with Crippen molar-refractivity contribution in [1.29, 1.82) is 0 Å². The van der Waals surface area contributed by atoms with Gasteiger partial charge in [-0.2, -0.15) is 0 Å². The molecule has 322 valence electrons. The lowest BCUT2D eigenvalue weighted by molar-refractivity contribution is -0.179. The minimum atomic E-state index is 0.933. The summed E-state index contributed by atoms with van der Waals surface area (Å²) >= 11 is 0. The van der Waals surface area contributed by atoms with Gasteiger partial charge in [-0.05, 0) is 210 Å². The Kier molecular flexibility index (Phi) is 12.5. The SMILES string of the molecule is C1CCC(N(C2CCCCC2)C2CCC(C3C4CCCCC4C(C4C5CCCCC5C(C5CCCC6CCCCC65)C5CCCCC54)C4CCCCC43)CC2)CC1. The summed E-state index contributed by atoms with van der Waals surface area (Å²) in [5, 5.41) is 0. The van der Waals surface area contributed by atoms with E-state index in [-0.39, 0.29) is 0 Å². The second kappa shape index (κ2) is 18.0. The van der Waals surface area contributed by atoms with Crippen molar-refractivity contribution >= 4 is 0 Å². The van der Waals surface area contributed by atoms with Crippen LogP contribution in [0.5, 0.6) is 0 Å². The first-order chi connectivity index (χ1) is 28.3. The Morgan fingerprint density at radius 1 is 0.175 bits per heavy atom. The number of hydrogen-bond acceptors (Lipinski definition) is 1. The molecule has 11 saturated carbocycles. The largest absolute Gasteiger partial charge is 0.294 e. The maximum absolute atomic E-state index is 3.29. The van der Waals surface area contributed by atoms with Crippen LogP contribution >= 0.6 is 0 Å². The van der Waals surface area contributed by atoms with E-state index in [1.807, 2.05) is 0 Å².